The average Bonchev–Trinajstić information content (AvgIpc) is 3.70. The first-order valence-corrected chi connectivity index (χ1v) is 23.5. The van der Waals surface area contributed by atoms with Crippen molar-refractivity contribution in [3.63, 3.8) is 0 Å². The van der Waals surface area contributed by atoms with E-state index in [1.54, 1.807) is 0 Å². The Morgan fingerprint density at radius 1 is 0.750 bits per heavy atom. The number of ether oxygens (including phenoxy) is 7. The van der Waals surface area contributed by atoms with Crippen LogP contribution in [0.3, 0.4) is 0 Å². The molecule has 368 valence electrons. The van der Waals surface area contributed by atoms with E-state index in [-0.39, 0.29) is 41.8 Å². The number of hydrogen-bond acceptors (Lipinski definition) is 19. The van der Waals surface area contributed by atoms with Gasteiger partial charge in [-0.3, -0.25) is 0 Å². The molecule has 7 fully saturated rings. The topological polar surface area (TPSA) is 307 Å². The van der Waals surface area contributed by atoms with Crippen molar-refractivity contribution in [2.24, 2.45) is 46.3 Å². The van der Waals surface area contributed by atoms with E-state index in [0.717, 1.165) is 31.3 Å². The number of aliphatic hydroxyl groups is 12. The molecule has 4 heterocycles. The molecule has 0 aromatic heterocycles. The zero-order valence-electron chi connectivity index (χ0n) is 37.4. The Morgan fingerprint density at radius 2 is 1.38 bits per heavy atom. The van der Waals surface area contributed by atoms with E-state index in [1.807, 2.05) is 6.92 Å². The fraction of sp³-hybridized carbons (Fsp3) is 0.956. The van der Waals surface area contributed by atoms with Gasteiger partial charge in [-0.25, -0.2) is 0 Å². The molecule has 8 rings (SSSR count). The highest BCUT2D eigenvalue weighted by molar-refractivity contribution is 5.28. The number of aliphatic hydroxyl groups excluding tert-OH is 11. The summed E-state index contributed by atoms with van der Waals surface area (Å²) < 4.78 is 41.7. The van der Waals surface area contributed by atoms with Gasteiger partial charge in [-0.2, -0.15) is 0 Å². The highest BCUT2D eigenvalue weighted by Gasteiger charge is 2.68. The van der Waals surface area contributed by atoms with Crippen LogP contribution in [-0.4, -0.2) is 197 Å². The van der Waals surface area contributed by atoms with Gasteiger partial charge in [0, 0.05) is 24.2 Å². The Bertz CT molecular complexity index is 1640. The third-order valence-corrected chi connectivity index (χ3v) is 17.5. The number of allylic oxidation sites excluding steroid dienone is 1. The minimum absolute atomic E-state index is 0.0677. The summed E-state index contributed by atoms with van der Waals surface area (Å²) >= 11 is 0. The Balaban J connectivity index is 0.875. The highest BCUT2D eigenvalue weighted by atomic mass is 16.8. The maximum atomic E-state index is 12.2. The highest BCUT2D eigenvalue weighted by Crippen LogP contribution is 2.70. The van der Waals surface area contributed by atoms with Crippen molar-refractivity contribution >= 4 is 0 Å². The molecule has 0 radical (unpaired) electrons. The first-order valence-electron chi connectivity index (χ1n) is 23.5. The molecule has 27 atom stereocenters. The summed E-state index contributed by atoms with van der Waals surface area (Å²) in [6.07, 6.45) is -15.2. The second kappa shape index (κ2) is 18.7. The van der Waals surface area contributed by atoms with Gasteiger partial charge in [-0.15, -0.1) is 0 Å². The standard InChI is InChI=1S/C45H74O19/c1-18(17-58-42-39(36(54)33(51)28(16-47)62-42)63-40-37(55)34(52)31(49)20(3)59-40)8-11-45(57)19(2)30-26(64-45)14-25-23-7-6-21-12-22(60-41-38(56)35(53)32(50)27(15-46)61-41)13-29(48)44(21,5)24(23)9-10-43(25,30)4/h6,18-20,22-42,46-57H,7-17H2,1-5H3/t18-,19+,20+,22-,23-,24+,25+,26+,27-,28-,29-,30+,31+,32-,33-,34-,35+,36+,37-,38-,39-,40+,41-,42-,43+,44+,45-/m1/s1. The third kappa shape index (κ3) is 8.36. The summed E-state index contributed by atoms with van der Waals surface area (Å²) in [4.78, 5) is 0. The lowest BCUT2D eigenvalue weighted by atomic mass is 9.46. The summed E-state index contributed by atoms with van der Waals surface area (Å²) in [5.41, 5.74) is 0.502. The zero-order chi connectivity index (χ0) is 46.4. The molecule has 0 bridgehead atoms. The normalized spacial score (nSPS) is 55.5. The van der Waals surface area contributed by atoms with Crippen molar-refractivity contribution in [1.29, 1.82) is 0 Å². The van der Waals surface area contributed by atoms with Crippen LogP contribution in [0.25, 0.3) is 0 Å². The molecule has 0 amide bonds. The van der Waals surface area contributed by atoms with Crippen molar-refractivity contribution in [2.45, 2.75) is 202 Å². The molecular weight excluding hydrogens is 844 g/mol. The predicted molar refractivity (Wildman–Crippen MR) is 219 cm³/mol. The first kappa shape index (κ1) is 49.4. The van der Waals surface area contributed by atoms with Crippen LogP contribution in [0.5, 0.6) is 0 Å². The van der Waals surface area contributed by atoms with Crippen LogP contribution >= 0.6 is 0 Å². The second-order valence-corrected chi connectivity index (χ2v) is 21.1. The number of hydrogen-bond donors (Lipinski definition) is 12. The van der Waals surface area contributed by atoms with Gasteiger partial charge in [0.25, 0.3) is 0 Å². The molecule has 64 heavy (non-hydrogen) atoms. The zero-order valence-corrected chi connectivity index (χ0v) is 37.4. The minimum atomic E-state index is -1.68. The van der Waals surface area contributed by atoms with Crippen molar-refractivity contribution < 1.29 is 94.4 Å². The smallest absolute Gasteiger partial charge is 0.187 e. The van der Waals surface area contributed by atoms with Crippen LogP contribution in [-0.2, 0) is 33.2 Å². The van der Waals surface area contributed by atoms with E-state index in [1.165, 1.54) is 6.92 Å². The van der Waals surface area contributed by atoms with E-state index < -0.39 is 129 Å². The largest absolute Gasteiger partial charge is 0.394 e. The molecule has 4 saturated heterocycles. The van der Waals surface area contributed by atoms with Crippen LogP contribution in [0.1, 0.15) is 86.0 Å². The first-order chi connectivity index (χ1) is 30.2. The summed E-state index contributed by atoms with van der Waals surface area (Å²) in [5.74, 6) is -0.807. The van der Waals surface area contributed by atoms with Gasteiger partial charge < -0.3 is 94.4 Å². The Kier molecular flexibility index (Phi) is 14.4. The molecule has 0 aromatic rings. The van der Waals surface area contributed by atoms with Gasteiger partial charge in [0.2, 0.25) is 0 Å². The van der Waals surface area contributed by atoms with Gasteiger partial charge in [0.1, 0.15) is 67.1 Å². The quantitative estimate of drug-likeness (QED) is 0.0956. The van der Waals surface area contributed by atoms with Gasteiger partial charge in [-0.1, -0.05) is 39.3 Å². The molecule has 8 aliphatic rings. The Hall–Kier alpha value is -1.02. The van der Waals surface area contributed by atoms with Crippen molar-refractivity contribution in [1.82, 2.24) is 0 Å². The summed E-state index contributed by atoms with van der Waals surface area (Å²) in [5, 5.41) is 127. The maximum Gasteiger partial charge on any atom is 0.187 e. The van der Waals surface area contributed by atoms with Crippen LogP contribution in [0, 0.1) is 46.3 Å². The SMILES string of the molecule is C[C@H](CC[C@@]1(O)O[C@H]2C[C@H]3[C@@H]4CC=C5C[C@@H](O[C@@H]6O[C@H](CO)[C@@H](O)[C@H](O)[C@H]6O)C[C@@H](O)[C@]5(C)[C@H]4CC[C@]3(C)[C@H]2[C@@H]1C)CO[C@@H]1O[C@H](CO)[C@@H](O)[C@H](O)[C@H]1O[C@@H]1O[C@@H](C)[C@H](O)[C@@H](O)[C@H]1O. The van der Waals surface area contributed by atoms with Gasteiger partial charge >= 0.3 is 0 Å². The predicted octanol–water partition coefficient (Wildman–Crippen LogP) is -1.86. The van der Waals surface area contributed by atoms with E-state index in [0.29, 0.717) is 37.5 Å². The molecule has 0 unspecified atom stereocenters. The number of fused-ring (bicyclic) bond motifs is 7. The fourth-order valence-corrected chi connectivity index (χ4v) is 13.5. The average molecular weight is 919 g/mol. The van der Waals surface area contributed by atoms with Crippen LogP contribution < -0.4 is 0 Å². The van der Waals surface area contributed by atoms with E-state index >= 15 is 0 Å². The molecule has 12 N–H and O–H groups in total. The molecule has 19 nitrogen and oxygen atoms in total. The Morgan fingerprint density at radius 3 is 2.05 bits per heavy atom. The number of rotatable bonds is 12. The van der Waals surface area contributed by atoms with Crippen molar-refractivity contribution in [3.8, 4) is 0 Å². The molecule has 4 aliphatic carbocycles. The summed E-state index contributed by atoms with van der Waals surface area (Å²) in [6.45, 7) is 8.88. The van der Waals surface area contributed by atoms with Crippen molar-refractivity contribution in [3.05, 3.63) is 11.6 Å². The molecule has 19 heteroatoms. The molecule has 0 spiro atoms. The molecule has 0 aromatic carbocycles. The third-order valence-electron chi connectivity index (χ3n) is 17.5. The summed E-state index contributed by atoms with van der Waals surface area (Å²) in [7, 11) is 0. The van der Waals surface area contributed by atoms with Gasteiger partial charge in [0.05, 0.1) is 44.2 Å². The van der Waals surface area contributed by atoms with Crippen molar-refractivity contribution in [2.75, 3.05) is 19.8 Å². The molecule has 4 aliphatic heterocycles. The Labute approximate surface area is 373 Å². The monoisotopic (exact) mass is 918 g/mol. The lowest BCUT2D eigenvalue weighted by Crippen LogP contribution is -2.64. The maximum absolute atomic E-state index is 12.2. The van der Waals surface area contributed by atoms with E-state index in [9.17, 15) is 61.3 Å². The van der Waals surface area contributed by atoms with E-state index in [4.69, 9.17) is 33.2 Å². The van der Waals surface area contributed by atoms with Crippen LogP contribution in [0.15, 0.2) is 11.6 Å². The minimum Gasteiger partial charge on any atom is -0.394 e. The second-order valence-electron chi connectivity index (χ2n) is 21.1. The molecular formula is C45H74O19. The van der Waals surface area contributed by atoms with Gasteiger partial charge in [0.15, 0.2) is 24.7 Å². The lowest BCUT2D eigenvalue weighted by Gasteiger charge is -2.60. The van der Waals surface area contributed by atoms with Gasteiger partial charge in [-0.05, 0) is 80.5 Å². The fourth-order valence-electron chi connectivity index (χ4n) is 13.5. The lowest BCUT2D eigenvalue weighted by molar-refractivity contribution is -0.365. The molecule has 3 saturated carbocycles. The van der Waals surface area contributed by atoms with E-state index in [2.05, 4.69) is 26.8 Å². The van der Waals surface area contributed by atoms with Crippen LogP contribution in [0.4, 0.5) is 0 Å². The van der Waals surface area contributed by atoms with Crippen LogP contribution in [0.2, 0.25) is 0 Å². The summed E-state index contributed by atoms with van der Waals surface area (Å²) in [6, 6.07) is 0.